The van der Waals surface area contributed by atoms with Gasteiger partial charge in [0, 0.05) is 17.6 Å². The van der Waals surface area contributed by atoms with E-state index < -0.39 is 11.0 Å². The smallest absolute Gasteiger partial charge is 0.233 e. The summed E-state index contributed by atoms with van der Waals surface area (Å²) < 4.78 is 10.1. The van der Waals surface area contributed by atoms with Crippen molar-refractivity contribution in [3.05, 3.63) is 38.9 Å². The summed E-state index contributed by atoms with van der Waals surface area (Å²) in [6.07, 6.45) is -0.669. The first-order valence-electron chi connectivity index (χ1n) is 4.57. The summed E-state index contributed by atoms with van der Waals surface area (Å²) in [6.45, 7) is -0.330. The zero-order valence-corrected chi connectivity index (χ0v) is 9.73. The van der Waals surface area contributed by atoms with Gasteiger partial charge in [0.2, 0.25) is 6.54 Å². The SMILES string of the molecule is COc1cccc(C(C[N+](=O)[O-])OC)c1Cl. The molecule has 16 heavy (non-hydrogen) atoms. The van der Waals surface area contributed by atoms with E-state index in [1.165, 1.54) is 14.2 Å². The number of methoxy groups -OCH3 is 2. The molecule has 1 unspecified atom stereocenters. The lowest BCUT2D eigenvalue weighted by Gasteiger charge is -2.14. The van der Waals surface area contributed by atoms with Crippen LogP contribution >= 0.6 is 11.6 Å². The van der Waals surface area contributed by atoms with E-state index in [0.717, 1.165) is 0 Å². The molecule has 1 aromatic carbocycles. The van der Waals surface area contributed by atoms with Gasteiger partial charge in [-0.3, -0.25) is 10.1 Å². The number of hydrogen-bond acceptors (Lipinski definition) is 4. The molecule has 0 fully saturated rings. The van der Waals surface area contributed by atoms with Crippen LogP contribution in [0.1, 0.15) is 11.7 Å². The largest absolute Gasteiger partial charge is 0.495 e. The van der Waals surface area contributed by atoms with Gasteiger partial charge in [-0.15, -0.1) is 0 Å². The van der Waals surface area contributed by atoms with Gasteiger partial charge in [0.1, 0.15) is 11.9 Å². The summed E-state index contributed by atoms with van der Waals surface area (Å²) in [5.74, 6) is 0.476. The lowest BCUT2D eigenvalue weighted by Crippen LogP contribution is -2.14. The summed E-state index contributed by atoms with van der Waals surface area (Å²) in [6, 6.07) is 5.08. The number of benzene rings is 1. The second-order valence-corrected chi connectivity index (χ2v) is 3.48. The molecule has 0 bridgehead atoms. The molecule has 1 atom stereocenters. The number of halogens is 1. The van der Waals surface area contributed by atoms with Crippen molar-refractivity contribution in [2.45, 2.75) is 6.10 Å². The molecule has 0 aliphatic carbocycles. The van der Waals surface area contributed by atoms with Crippen LogP contribution in [0.4, 0.5) is 0 Å². The maximum absolute atomic E-state index is 10.5. The van der Waals surface area contributed by atoms with Crippen LogP contribution in [0.3, 0.4) is 0 Å². The van der Waals surface area contributed by atoms with Crippen molar-refractivity contribution in [2.75, 3.05) is 20.8 Å². The first-order valence-corrected chi connectivity index (χ1v) is 4.95. The molecule has 0 saturated heterocycles. The Labute approximate surface area is 98.1 Å². The molecule has 1 aromatic rings. The third-order valence-corrected chi connectivity index (χ3v) is 2.56. The third-order valence-electron chi connectivity index (χ3n) is 2.16. The van der Waals surface area contributed by atoms with E-state index in [0.29, 0.717) is 16.3 Å². The van der Waals surface area contributed by atoms with Crippen molar-refractivity contribution in [3.63, 3.8) is 0 Å². The van der Waals surface area contributed by atoms with Crippen LogP contribution in [0, 0.1) is 10.1 Å². The van der Waals surface area contributed by atoms with Gasteiger partial charge >= 0.3 is 0 Å². The Morgan fingerprint density at radius 1 is 1.50 bits per heavy atom. The van der Waals surface area contributed by atoms with Gasteiger partial charge in [-0.25, -0.2) is 0 Å². The van der Waals surface area contributed by atoms with Crippen LogP contribution in [-0.4, -0.2) is 25.7 Å². The van der Waals surface area contributed by atoms with Gasteiger partial charge in [0.15, 0.2) is 0 Å². The standard InChI is InChI=1S/C10H12ClNO4/c1-15-8-5-3-4-7(10(8)11)9(16-2)6-12(13)14/h3-5,9H,6H2,1-2H3. The van der Waals surface area contributed by atoms with Crippen molar-refractivity contribution in [3.8, 4) is 5.75 Å². The second-order valence-electron chi connectivity index (χ2n) is 3.10. The average molecular weight is 246 g/mol. The molecule has 1 rings (SSSR count). The Bertz CT molecular complexity index is 383. The number of nitro groups is 1. The number of ether oxygens (including phenoxy) is 2. The first kappa shape index (κ1) is 12.7. The summed E-state index contributed by atoms with van der Waals surface area (Å²) in [5.41, 5.74) is 0.556. The Morgan fingerprint density at radius 3 is 2.69 bits per heavy atom. The molecule has 0 radical (unpaired) electrons. The van der Waals surface area contributed by atoms with Crippen LogP contribution in [0.15, 0.2) is 18.2 Å². The van der Waals surface area contributed by atoms with Gasteiger partial charge in [-0.1, -0.05) is 23.7 Å². The van der Waals surface area contributed by atoms with Gasteiger partial charge in [-0.2, -0.15) is 0 Å². The molecule has 0 spiro atoms. The highest BCUT2D eigenvalue weighted by Gasteiger charge is 2.21. The molecule has 6 heteroatoms. The predicted molar refractivity (Wildman–Crippen MR) is 59.6 cm³/mol. The highest BCUT2D eigenvalue weighted by atomic mass is 35.5. The maximum atomic E-state index is 10.5. The van der Waals surface area contributed by atoms with Gasteiger partial charge in [0.05, 0.1) is 12.1 Å². The molecular weight excluding hydrogens is 234 g/mol. The highest BCUT2D eigenvalue weighted by Crippen LogP contribution is 2.33. The fourth-order valence-electron chi connectivity index (χ4n) is 1.37. The fraction of sp³-hybridized carbons (Fsp3) is 0.400. The molecule has 0 aliphatic heterocycles. The van der Waals surface area contributed by atoms with Crippen LogP contribution in [0.25, 0.3) is 0 Å². The lowest BCUT2D eigenvalue weighted by atomic mass is 10.1. The maximum Gasteiger partial charge on any atom is 0.233 e. The van der Waals surface area contributed by atoms with E-state index in [-0.39, 0.29) is 6.54 Å². The predicted octanol–water partition coefficient (Wildman–Crippen LogP) is 2.31. The fourth-order valence-corrected chi connectivity index (χ4v) is 1.69. The zero-order valence-electron chi connectivity index (χ0n) is 8.97. The first-order chi connectivity index (χ1) is 7.60. The minimum absolute atomic E-state index is 0.330. The molecule has 0 aliphatic rings. The Balaban J connectivity index is 3.04. The van der Waals surface area contributed by atoms with E-state index in [9.17, 15) is 10.1 Å². The molecular formula is C10H12ClNO4. The molecule has 0 saturated carbocycles. The van der Waals surface area contributed by atoms with Crippen molar-refractivity contribution < 1.29 is 14.4 Å². The number of rotatable bonds is 5. The van der Waals surface area contributed by atoms with E-state index in [2.05, 4.69) is 0 Å². The quantitative estimate of drug-likeness (QED) is 0.590. The minimum Gasteiger partial charge on any atom is -0.495 e. The Kier molecular flexibility index (Phi) is 4.52. The van der Waals surface area contributed by atoms with Crippen LogP contribution in [-0.2, 0) is 4.74 Å². The minimum atomic E-state index is -0.669. The van der Waals surface area contributed by atoms with Gasteiger partial charge in [0.25, 0.3) is 0 Å². The van der Waals surface area contributed by atoms with Crippen molar-refractivity contribution >= 4 is 11.6 Å². The molecule has 88 valence electrons. The van der Waals surface area contributed by atoms with Crippen LogP contribution in [0.2, 0.25) is 5.02 Å². The summed E-state index contributed by atoms with van der Waals surface area (Å²) >= 11 is 6.04. The Morgan fingerprint density at radius 2 is 2.19 bits per heavy atom. The molecule has 5 nitrogen and oxygen atoms in total. The lowest BCUT2D eigenvalue weighted by molar-refractivity contribution is -0.492. The zero-order chi connectivity index (χ0) is 12.1. The summed E-state index contributed by atoms with van der Waals surface area (Å²) in [5, 5.41) is 10.8. The third kappa shape index (κ3) is 2.84. The van der Waals surface area contributed by atoms with E-state index in [1.54, 1.807) is 18.2 Å². The van der Waals surface area contributed by atoms with Crippen molar-refractivity contribution in [1.29, 1.82) is 0 Å². The van der Waals surface area contributed by atoms with Crippen molar-refractivity contribution in [1.82, 2.24) is 0 Å². The molecule has 0 amide bonds. The molecule has 0 aromatic heterocycles. The molecule has 0 N–H and O–H groups in total. The van der Waals surface area contributed by atoms with Gasteiger partial charge in [-0.05, 0) is 6.07 Å². The number of hydrogen-bond donors (Lipinski definition) is 0. The normalized spacial score (nSPS) is 12.2. The summed E-state index contributed by atoms with van der Waals surface area (Å²) in [7, 11) is 2.89. The Hall–Kier alpha value is -1.33. The number of nitrogens with zero attached hydrogens (tertiary/aromatic N) is 1. The summed E-state index contributed by atoms with van der Waals surface area (Å²) in [4.78, 5) is 10.0. The van der Waals surface area contributed by atoms with E-state index >= 15 is 0 Å². The van der Waals surface area contributed by atoms with E-state index in [1.807, 2.05) is 0 Å². The van der Waals surface area contributed by atoms with E-state index in [4.69, 9.17) is 21.1 Å². The topological polar surface area (TPSA) is 61.6 Å². The van der Waals surface area contributed by atoms with Gasteiger partial charge < -0.3 is 9.47 Å². The molecule has 0 heterocycles. The highest BCUT2D eigenvalue weighted by molar-refractivity contribution is 6.32. The monoisotopic (exact) mass is 245 g/mol. The average Bonchev–Trinajstić information content (AvgIpc) is 2.26. The van der Waals surface area contributed by atoms with Crippen LogP contribution < -0.4 is 4.74 Å². The van der Waals surface area contributed by atoms with Crippen LogP contribution in [0.5, 0.6) is 5.75 Å². The van der Waals surface area contributed by atoms with Crippen molar-refractivity contribution in [2.24, 2.45) is 0 Å². The second kappa shape index (κ2) is 5.67.